The van der Waals surface area contributed by atoms with Crippen molar-refractivity contribution < 1.29 is 23.9 Å². The molecule has 0 fully saturated rings. The van der Waals surface area contributed by atoms with E-state index in [-0.39, 0.29) is 19.1 Å². The molecule has 9 nitrogen and oxygen atoms in total. The molecule has 4 N–H and O–H groups in total. The van der Waals surface area contributed by atoms with E-state index in [0.29, 0.717) is 28.1 Å². The molecule has 1 unspecified atom stereocenters. The number of hydrogen-bond donors (Lipinski definition) is 3. The van der Waals surface area contributed by atoms with Crippen molar-refractivity contribution in [3.05, 3.63) is 101 Å². The van der Waals surface area contributed by atoms with E-state index in [2.05, 4.69) is 15.6 Å². The van der Waals surface area contributed by atoms with Gasteiger partial charge in [0.25, 0.3) is 5.91 Å². The summed E-state index contributed by atoms with van der Waals surface area (Å²) in [5.41, 5.74) is 9.43. The Labute approximate surface area is 223 Å². The van der Waals surface area contributed by atoms with Crippen LogP contribution in [-0.4, -0.2) is 29.6 Å². The first kappa shape index (κ1) is 26.4. The zero-order chi connectivity index (χ0) is 26.9. The minimum Gasteiger partial charge on any atom is -0.464 e. The van der Waals surface area contributed by atoms with Gasteiger partial charge in [0.05, 0.1) is 18.0 Å². The van der Waals surface area contributed by atoms with Crippen molar-refractivity contribution >= 4 is 40.7 Å². The summed E-state index contributed by atoms with van der Waals surface area (Å²) in [6.07, 6.45) is 2.39. The number of alkyl carbamates (subject to hydrolysis) is 1. The molecule has 4 aromatic rings. The number of carbonyl (C=O) groups is 3. The van der Waals surface area contributed by atoms with Crippen LogP contribution < -0.4 is 16.4 Å². The predicted molar refractivity (Wildman–Crippen MR) is 145 cm³/mol. The number of anilines is 2. The Morgan fingerprint density at radius 2 is 1.84 bits per heavy atom. The Morgan fingerprint density at radius 1 is 1.03 bits per heavy atom. The van der Waals surface area contributed by atoms with E-state index in [9.17, 15) is 14.4 Å². The molecule has 0 aliphatic rings. The second kappa shape index (κ2) is 12.5. The summed E-state index contributed by atoms with van der Waals surface area (Å²) in [6, 6.07) is 18.0. The lowest BCUT2D eigenvalue weighted by molar-refractivity contribution is -0.145. The molecule has 2 amide bonds. The van der Waals surface area contributed by atoms with Gasteiger partial charge in [0, 0.05) is 28.4 Å². The third kappa shape index (κ3) is 6.74. The summed E-state index contributed by atoms with van der Waals surface area (Å²) in [7, 11) is 0. The van der Waals surface area contributed by atoms with Gasteiger partial charge >= 0.3 is 12.1 Å². The third-order valence-electron chi connectivity index (χ3n) is 5.49. The second-order valence-corrected chi connectivity index (χ2v) is 9.07. The van der Waals surface area contributed by atoms with Gasteiger partial charge in [-0.3, -0.25) is 9.78 Å². The fraction of sp³-hybridized carbons (Fsp3) is 0.143. The van der Waals surface area contributed by atoms with Crippen molar-refractivity contribution in [3.8, 4) is 10.4 Å². The highest BCUT2D eigenvalue weighted by atomic mass is 32.1. The van der Waals surface area contributed by atoms with Gasteiger partial charge in [-0.15, -0.1) is 11.3 Å². The molecule has 194 valence electrons. The number of ether oxygens (including phenoxy) is 2. The SMILES string of the molecule is CCOC(=O)C(NC(=O)OCc1cccnc1)c1ccc(C(=O)Nc2cc(-c3cccs3)ccc2N)cc1. The number of thiophene rings is 1. The Kier molecular flexibility index (Phi) is 8.68. The highest BCUT2D eigenvalue weighted by molar-refractivity contribution is 7.13. The van der Waals surface area contributed by atoms with Crippen molar-refractivity contribution in [1.29, 1.82) is 0 Å². The van der Waals surface area contributed by atoms with E-state index in [1.165, 1.54) is 0 Å². The molecule has 0 saturated heterocycles. The van der Waals surface area contributed by atoms with Crippen LogP contribution in [0.25, 0.3) is 10.4 Å². The predicted octanol–water partition coefficient (Wildman–Crippen LogP) is 5.18. The number of nitrogen functional groups attached to an aromatic ring is 1. The van der Waals surface area contributed by atoms with Crippen LogP contribution in [0.4, 0.5) is 16.2 Å². The highest BCUT2D eigenvalue weighted by Crippen LogP contribution is 2.30. The van der Waals surface area contributed by atoms with E-state index in [4.69, 9.17) is 15.2 Å². The van der Waals surface area contributed by atoms with Crippen molar-refractivity contribution in [3.63, 3.8) is 0 Å². The molecular weight excluding hydrogens is 504 g/mol. The van der Waals surface area contributed by atoms with Crippen LogP contribution in [0, 0.1) is 0 Å². The molecular formula is C28H26N4O5S. The monoisotopic (exact) mass is 530 g/mol. The molecule has 4 rings (SSSR count). The number of nitrogens with two attached hydrogens (primary N) is 1. The molecule has 10 heteroatoms. The zero-order valence-corrected chi connectivity index (χ0v) is 21.4. The second-order valence-electron chi connectivity index (χ2n) is 8.12. The van der Waals surface area contributed by atoms with Gasteiger partial charge in [0.15, 0.2) is 6.04 Å². The molecule has 0 radical (unpaired) electrons. The van der Waals surface area contributed by atoms with Gasteiger partial charge in [-0.05, 0) is 59.8 Å². The molecule has 0 aliphatic heterocycles. The Balaban J connectivity index is 1.45. The minimum absolute atomic E-state index is 0.00879. The van der Waals surface area contributed by atoms with E-state index >= 15 is 0 Å². The molecule has 2 aromatic carbocycles. The van der Waals surface area contributed by atoms with Crippen molar-refractivity contribution in [2.24, 2.45) is 0 Å². The standard InChI is InChI=1S/C28H26N4O5S/c1-2-36-27(34)25(32-28(35)37-17-18-5-3-13-30-16-18)19-7-9-20(10-8-19)26(33)31-23-15-21(11-12-22(23)29)24-6-4-14-38-24/h3-16,25H,2,17,29H2,1H3,(H,31,33)(H,32,35). The molecule has 2 heterocycles. The van der Waals surface area contributed by atoms with Gasteiger partial charge < -0.3 is 25.8 Å². The minimum atomic E-state index is -1.12. The average Bonchev–Trinajstić information content (AvgIpc) is 3.48. The molecule has 0 saturated carbocycles. The normalized spacial score (nSPS) is 11.3. The number of rotatable bonds is 9. The molecule has 0 aliphatic carbocycles. The van der Waals surface area contributed by atoms with Crippen LogP contribution >= 0.6 is 11.3 Å². The summed E-state index contributed by atoms with van der Waals surface area (Å²) < 4.78 is 10.3. The summed E-state index contributed by atoms with van der Waals surface area (Å²) in [5, 5.41) is 7.35. The largest absolute Gasteiger partial charge is 0.464 e. The molecule has 1 atom stereocenters. The summed E-state index contributed by atoms with van der Waals surface area (Å²) >= 11 is 1.59. The number of nitrogens with zero attached hydrogens (tertiary/aromatic N) is 1. The molecule has 0 bridgehead atoms. The van der Waals surface area contributed by atoms with E-state index in [1.807, 2.05) is 29.6 Å². The number of benzene rings is 2. The quantitative estimate of drug-likeness (QED) is 0.201. The maximum atomic E-state index is 12.9. The maximum absolute atomic E-state index is 12.9. The first-order valence-corrected chi connectivity index (χ1v) is 12.7. The van der Waals surface area contributed by atoms with Crippen LogP contribution in [0.1, 0.15) is 34.5 Å². The Bertz CT molecular complexity index is 1390. The first-order valence-electron chi connectivity index (χ1n) is 11.8. The molecule has 2 aromatic heterocycles. The van der Waals surface area contributed by atoms with Crippen LogP contribution in [0.15, 0.2) is 84.5 Å². The van der Waals surface area contributed by atoms with Crippen molar-refractivity contribution in [2.75, 3.05) is 17.7 Å². The number of aromatic nitrogens is 1. The summed E-state index contributed by atoms with van der Waals surface area (Å²) in [5.74, 6) is -1.02. The number of hydrogen-bond acceptors (Lipinski definition) is 8. The smallest absolute Gasteiger partial charge is 0.408 e. The van der Waals surface area contributed by atoms with E-state index in [1.54, 1.807) is 73.1 Å². The van der Waals surface area contributed by atoms with E-state index in [0.717, 1.165) is 10.4 Å². The lowest BCUT2D eigenvalue weighted by atomic mass is 10.0. The van der Waals surface area contributed by atoms with Gasteiger partial charge in [0.2, 0.25) is 0 Å². The van der Waals surface area contributed by atoms with Gasteiger partial charge in [0.1, 0.15) is 6.61 Å². The Hall–Kier alpha value is -4.70. The van der Waals surface area contributed by atoms with Gasteiger partial charge in [-0.2, -0.15) is 0 Å². The number of amides is 2. The fourth-order valence-corrected chi connectivity index (χ4v) is 4.30. The average molecular weight is 531 g/mol. The van der Waals surface area contributed by atoms with Crippen LogP contribution in [0.2, 0.25) is 0 Å². The highest BCUT2D eigenvalue weighted by Gasteiger charge is 2.25. The van der Waals surface area contributed by atoms with Gasteiger partial charge in [-0.25, -0.2) is 9.59 Å². The van der Waals surface area contributed by atoms with Gasteiger partial charge in [-0.1, -0.05) is 30.3 Å². The van der Waals surface area contributed by atoms with Crippen LogP contribution in [0.5, 0.6) is 0 Å². The molecule has 38 heavy (non-hydrogen) atoms. The van der Waals surface area contributed by atoms with Crippen molar-refractivity contribution in [2.45, 2.75) is 19.6 Å². The zero-order valence-electron chi connectivity index (χ0n) is 20.5. The summed E-state index contributed by atoms with van der Waals surface area (Å²) in [4.78, 5) is 42.9. The maximum Gasteiger partial charge on any atom is 0.408 e. The topological polar surface area (TPSA) is 133 Å². The molecule has 0 spiro atoms. The van der Waals surface area contributed by atoms with Crippen molar-refractivity contribution in [1.82, 2.24) is 10.3 Å². The van der Waals surface area contributed by atoms with Crippen LogP contribution in [0.3, 0.4) is 0 Å². The number of pyridine rings is 1. The Morgan fingerprint density at radius 3 is 2.53 bits per heavy atom. The number of esters is 1. The lowest BCUT2D eigenvalue weighted by Gasteiger charge is -2.18. The lowest BCUT2D eigenvalue weighted by Crippen LogP contribution is -2.35. The number of carbonyl (C=O) groups excluding carboxylic acids is 3. The fourth-order valence-electron chi connectivity index (χ4n) is 3.58. The van der Waals surface area contributed by atoms with E-state index < -0.39 is 18.1 Å². The first-order chi connectivity index (χ1) is 18.4. The summed E-state index contributed by atoms with van der Waals surface area (Å²) in [6.45, 7) is 1.79. The van der Waals surface area contributed by atoms with Crippen LogP contribution in [-0.2, 0) is 20.9 Å². The number of nitrogens with one attached hydrogen (secondary N) is 2. The third-order valence-corrected chi connectivity index (χ3v) is 6.41.